The Labute approximate surface area is 197 Å². The third-order valence-electron chi connectivity index (χ3n) is 6.55. The van der Waals surface area contributed by atoms with Crippen molar-refractivity contribution in [2.75, 3.05) is 0 Å². The minimum absolute atomic E-state index is 0.170. The molecule has 0 saturated carbocycles. The van der Waals surface area contributed by atoms with E-state index in [1.165, 1.54) is 22.3 Å². The number of phenolic OH excluding ortho intramolecular Hbond substituents is 1. The van der Waals surface area contributed by atoms with Crippen molar-refractivity contribution in [3.8, 4) is 28.6 Å². The van der Waals surface area contributed by atoms with E-state index in [0.717, 1.165) is 11.1 Å². The van der Waals surface area contributed by atoms with Gasteiger partial charge < -0.3 is 19.4 Å². The van der Waals surface area contributed by atoms with E-state index in [4.69, 9.17) is 9.15 Å². The summed E-state index contributed by atoms with van der Waals surface area (Å²) in [5.41, 5.74) is 6.46. The second-order valence-corrected chi connectivity index (χ2v) is 8.39. The van der Waals surface area contributed by atoms with E-state index in [-0.39, 0.29) is 12.4 Å². The van der Waals surface area contributed by atoms with E-state index in [1.54, 1.807) is 24.3 Å². The van der Waals surface area contributed by atoms with Crippen LogP contribution in [0.1, 0.15) is 28.0 Å². The molecule has 4 aromatic carbocycles. The van der Waals surface area contributed by atoms with Gasteiger partial charge in [0.25, 0.3) is 5.95 Å². The summed E-state index contributed by atoms with van der Waals surface area (Å²) >= 11 is 0. The number of aliphatic hydroxyl groups is 1. The van der Waals surface area contributed by atoms with E-state index in [9.17, 15) is 10.2 Å². The fraction of sp³-hybridized carbons (Fsp3) is 0.0667. The SMILES string of the molecule is OCc1ccc(Oc2ccc(C3(c4ccc(O)cc4)c4ccccc4-c4ccccc43)cc2)o1. The van der Waals surface area contributed by atoms with Crippen molar-refractivity contribution in [3.63, 3.8) is 0 Å². The Morgan fingerprint density at radius 1 is 0.647 bits per heavy atom. The highest BCUT2D eigenvalue weighted by Gasteiger charge is 2.45. The predicted molar refractivity (Wildman–Crippen MR) is 130 cm³/mol. The molecule has 4 heteroatoms. The predicted octanol–water partition coefficient (Wildman–Crippen LogP) is 6.63. The highest BCUT2D eigenvalue weighted by atomic mass is 16.6. The van der Waals surface area contributed by atoms with Crippen LogP contribution in [0.5, 0.6) is 17.4 Å². The monoisotopic (exact) mass is 446 g/mol. The van der Waals surface area contributed by atoms with Crippen LogP contribution in [0, 0.1) is 0 Å². The molecular formula is C30H22O4. The number of rotatable bonds is 5. The van der Waals surface area contributed by atoms with Gasteiger partial charge in [-0.1, -0.05) is 72.8 Å². The van der Waals surface area contributed by atoms with Crippen LogP contribution in [0.15, 0.2) is 114 Å². The molecule has 2 N–H and O–H groups in total. The van der Waals surface area contributed by atoms with Gasteiger partial charge in [-0.15, -0.1) is 0 Å². The highest BCUT2D eigenvalue weighted by Crippen LogP contribution is 2.56. The number of hydrogen-bond acceptors (Lipinski definition) is 4. The van der Waals surface area contributed by atoms with Crippen molar-refractivity contribution < 1.29 is 19.4 Å². The zero-order valence-electron chi connectivity index (χ0n) is 18.3. The quantitative estimate of drug-likeness (QED) is 0.312. The summed E-state index contributed by atoms with van der Waals surface area (Å²) in [6.45, 7) is -0.170. The molecule has 4 nitrogen and oxygen atoms in total. The van der Waals surface area contributed by atoms with Crippen LogP contribution in [0.2, 0.25) is 0 Å². The van der Waals surface area contributed by atoms with Crippen molar-refractivity contribution in [1.82, 2.24) is 0 Å². The average molecular weight is 447 g/mol. The summed E-state index contributed by atoms with van der Waals surface area (Å²) in [5.74, 6) is 1.67. The molecule has 0 bridgehead atoms. The molecule has 1 aliphatic carbocycles. The lowest BCUT2D eigenvalue weighted by Crippen LogP contribution is -2.28. The second kappa shape index (κ2) is 7.94. The van der Waals surface area contributed by atoms with Crippen molar-refractivity contribution in [2.45, 2.75) is 12.0 Å². The number of ether oxygens (including phenoxy) is 1. The summed E-state index contributed by atoms with van der Waals surface area (Å²) in [5, 5.41) is 19.2. The molecule has 0 radical (unpaired) electrons. The number of aliphatic hydroxyl groups excluding tert-OH is 1. The summed E-state index contributed by atoms with van der Waals surface area (Å²) in [7, 11) is 0. The fourth-order valence-corrected chi connectivity index (χ4v) is 5.12. The van der Waals surface area contributed by atoms with Gasteiger partial charge in [-0.05, 0) is 63.7 Å². The number of hydrogen-bond donors (Lipinski definition) is 2. The molecule has 166 valence electrons. The van der Waals surface area contributed by atoms with E-state index in [0.29, 0.717) is 17.5 Å². The molecular weight excluding hydrogens is 424 g/mol. The Morgan fingerprint density at radius 3 is 1.76 bits per heavy atom. The number of furan rings is 1. The van der Waals surface area contributed by atoms with Gasteiger partial charge in [-0.25, -0.2) is 0 Å². The molecule has 1 heterocycles. The van der Waals surface area contributed by atoms with Gasteiger partial charge in [-0.3, -0.25) is 0 Å². The first-order valence-corrected chi connectivity index (χ1v) is 11.2. The first-order chi connectivity index (χ1) is 16.7. The van der Waals surface area contributed by atoms with Crippen LogP contribution in [0.4, 0.5) is 0 Å². The molecule has 0 atom stereocenters. The zero-order valence-corrected chi connectivity index (χ0v) is 18.3. The Hall–Kier alpha value is -4.28. The van der Waals surface area contributed by atoms with E-state index >= 15 is 0 Å². The van der Waals surface area contributed by atoms with Gasteiger partial charge in [-0.2, -0.15) is 0 Å². The minimum atomic E-state index is -0.534. The number of benzene rings is 4. The summed E-state index contributed by atoms with van der Waals surface area (Å²) in [6, 6.07) is 35.9. The maximum atomic E-state index is 10.00. The van der Waals surface area contributed by atoms with Crippen molar-refractivity contribution in [3.05, 3.63) is 137 Å². The standard InChI is InChI=1S/C30H22O4/c31-19-24-17-18-29(34-24)33-23-15-11-21(12-16-23)30(20-9-13-22(32)14-10-20)27-7-3-1-5-25(27)26-6-2-4-8-28(26)30/h1-18,31-32H,19H2. The van der Waals surface area contributed by atoms with Gasteiger partial charge in [0.1, 0.15) is 23.9 Å². The third-order valence-corrected chi connectivity index (χ3v) is 6.55. The number of fused-ring (bicyclic) bond motifs is 3. The smallest absolute Gasteiger partial charge is 0.290 e. The first kappa shape index (κ1) is 20.3. The Morgan fingerprint density at radius 2 is 1.21 bits per heavy atom. The molecule has 0 fully saturated rings. The molecule has 1 aromatic heterocycles. The van der Waals surface area contributed by atoms with Gasteiger partial charge in [0, 0.05) is 6.07 Å². The normalized spacial score (nSPS) is 13.3. The minimum Gasteiger partial charge on any atom is -0.508 e. The maximum Gasteiger partial charge on any atom is 0.290 e. The Kier molecular flexibility index (Phi) is 4.75. The first-order valence-electron chi connectivity index (χ1n) is 11.2. The van der Waals surface area contributed by atoms with Gasteiger partial charge in [0.15, 0.2) is 0 Å². The van der Waals surface area contributed by atoms with Crippen molar-refractivity contribution in [1.29, 1.82) is 0 Å². The van der Waals surface area contributed by atoms with Gasteiger partial charge in [0.2, 0.25) is 0 Å². The third kappa shape index (κ3) is 3.04. The molecule has 0 unspecified atom stereocenters. The molecule has 34 heavy (non-hydrogen) atoms. The summed E-state index contributed by atoms with van der Waals surface area (Å²) < 4.78 is 11.3. The van der Waals surface area contributed by atoms with Crippen molar-refractivity contribution >= 4 is 0 Å². The van der Waals surface area contributed by atoms with Crippen LogP contribution < -0.4 is 4.74 Å². The van der Waals surface area contributed by atoms with Crippen LogP contribution in [0.3, 0.4) is 0 Å². The van der Waals surface area contributed by atoms with E-state index in [2.05, 4.69) is 60.7 Å². The molecule has 1 aliphatic rings. The molecule has 6 rings (SSSR count). The lowest BCUT2D eigenvalue weighted by Gasteiger charge is -2.34. The topological polar surface area (TPSA) is 62.8 Å². The van der Waals surface area contributed by atoms with Crippen LogP contribution in [-0.2, 0) is 12.0 Å². The van der Waals surface area contributed by atoms with E-state index < -0.39 is 5.41 Å². The van der Waals surface area contributed by atoms with Crippen LogP contribution in [0.25, 0.3) is 11.1 Å². The fourth-order valence-electron chi connectivity index (χ4n) is 5.12. The Bertz CT molecular complexity index is 1420. The number of phenols is 1. The van der Waals surface area contributed by atoms with Crippen LogP contribution in [-0.4, -0.2) is 10.2 Å². The van der Waals surface area contributed by atoms with Gasteiger partial charge >= 0.3 is 0 Å². The second-order valence-electron chi connectivity index (χ2n) is 8.39. The van der Waals surface area contributed by atoms with Crippen LogP contribution >= 0.6 is 0 Å². The zero-order chi connectivity index (χ0) is 23.1. The molecule has 0 aliphatic heterocycles. The largest absolute Gasteiger partial charge is 0.508 e. The molecule has 5 aromatic rings. The lowest BCUT2D eigenvalue weighted by molar-refractivity contribution is 0.231. The van der Waals surface area contributed by atoms with E-state index in [1.807, 2.05) is 24.3 Å². The van der Waals surface area contributed by atoms with Crippen molar-refractivity contribution in [2.24, 2.45) is 0 Å². The molecule has 0 amide bonds. The lowest BCUT2D eigenvalue weighted by atomic mass is 9.68. The highest BCUT2D eigenvalue weighted by molar-refractivity contribution is 5.86. The summed E-state index contributed by atoms with van der Waals surface area (Å²) in [6.07, 6.45) is 0. The maximum absolute atomic E-state index is 10.00. The molecule has 0 spiro atoms. The summed E-state index contributed by atoms with van der Waals surface area (Å²) in [4.78, 5) is 0. The average Bonchev–Trinajstić information content (AvgIpc) is 3.46. The molecule has 0 saturated heterocycles. The number of aromatic hydroxyl groups is 1. The Balaban J connectivity index is 1.53. The van der Waals surface area contributed by atoms with Gasteiger partial charge in [0.05, 0.1) is 5.41 Å².